The molecule has 1 aromatic rings. The molecule has 1 rings (SSSR count). The number of thioether (sulfide) groups is 1. The summed E-state index contributed by atoms with van der Waals surface area (Å²) in [5.74, 6) is -1.26. The van der Waals surface area contributed by atoms with Crippen LogP contribution in [0.1, 0.15) is 38.7 Å². The lowest BCUT2D eigenvalue weighted by Gasteiger charge is -2.22. The van der Waals surface area contributed by atoms with Crippen LogP contribution in [0.25, 0.3) is 0 Å². The van der Waals surface area contributed by atoms with Gasteiger partial charge in [-0.1, -0.05) is 13.8 Å². The summed E-state index contributed by atoms with van der Waals surface area (Å²) >= 11 is 1.16. The molecule has 0 aliphatic carbocycles. The number of benzene rings is 1. The van der Waals surface area contributed by atoms with Gasteiger partial charge in [-0.25, -0.2) is 0 Å². The normalized spacial score (nSPS) is 11.7. The second kappa shape index (κ2) is 8.94. The van der Waals surface area contributed by atoms with Crippen LogP contribution in [0.5, 0.6) is 0 Å². The molecule has 1 amide bonds. The van der Waals surface area contributed by atoms with Crippen molar-refractivity contribution in [2.75, 3.05) is 11.1 Å². The summed E-state index contributed by atoms with van der Waals surface area (Å²) in [4.78, 5) is 23.4. The summed E-state index contributed by atoms with van der Waals surface area (Å²) in [7, 11) is 0. The predicted octanol–water partition coefficient (Wildman–Crippen LogP) is 4.54. The highest BCUT2D eigenvalue weighted by Crippen LogP contribution is 2.36. The number of hydrogen-bond acceptors (Lipinski definition) is 4. The Morgan fingerprint density at radius 1 is 1.27 bits per heavy atom. The fourth-order valence-corrected chi connectivity index (χ4v) is 3.08. The summed E-state index contributed by atoms with van der Waals surface area (Å²) < 4.78 is 38.8. The second-order valence-corrected chi connectivity index (χ2v) is 7.56. The Kier molecular flexibility index (Phi) is 7.51. The zero-order chi connectivity index (χ0) is 20.0. The molecule has 26 heavy (non-hydrogen) atoms. The van der Waals surface area contributed by atoms with Gasteiger partial charge in [-0.3, -0.25) is 9.59 Å². The molecule has 0 heterocycles. The van der Waals surface area contributed by atoms with E-state index >= 15 is 0 Å². The predicted molar refractivity (Wildman–Crippen MR) is 91.7 cm³/mol. The minimum Gasteiger partial charge on any atom is -0.481 e. The fourth-order valence-electron chi connectivity index (χ4n) is 2.24. The largest absolute Gasteiger partial charge is 0.481 e. The average Bonchev–Trinajstić information content (AvgIpc) is 2.45. The molecule has 0 aliphatic rings. The first kappa shape index (κ1) is 21.8. The molecule has 142 valence electrons. The van der Waals surface area contributed by atoms with Crippen LogP contribution >= 0.6 is 11.8 Å². The number of nitrogens with zero attached hydrogens (tertiary/aromatic N) is 1. The molecule has 0 spiro atoms. The summed E-state index contributed by atoms with van der Waals surface area (Å²) in [6.07, 6.45) is -4.74. The molecule has 0 atom stereocenters. The van der Waals surface area contributed by atoms with Crippen molar-refractivity contribution in [1.29, 1.82) is 5.26 Å². The summed E-state index contributed by atoms with van der Waals surface area (Å²) in [6, 6.07) is 4.95. The van der Waals surface area contributed by atoms with E-state index in [1.54, 1.807) is 13.8 Å². The van der Waals surface area contributed by atoms with Crippen LogP contribution in [-0.2, 0) is 15.8 Å². The number of rotatable bonds is 8. The summed E-state index contributed by atoms with van der Waals surface area (Å²) in [5, 5.41) is 19.9. The van der Waals surface area contributed by atoms with Crippen molar-refractivity contribution in [3.8, 4) is 6.07 Å². The first-order valence-electron chi connectivity index (χ1n) is 7.67. The second-order valence-electron chi connectivity index (χ2n) is 6.42. The quantitative estimate of drug-likeness (QED) is 0.504. The lowest BCUT2D eigenvalue weighted by Crippen LogP contribution is -2.25. The van der Waals surface area contributed by atoms with Gasteiger partial charge in [-0.15, -0.1) is 11.8 Å². The molecule has 2 N–H and O–H groups in total. The molecule has 5 nitrogen and oxygen atoms in total. The van der Waals surface area contributed by atoms with Crippen LogP contribution < -0.4 is 5.32 Å². The van der Waals surface area contributed by atoms with Gasteiger partial charge in [0.05, 0.1) is 23.7 Å². The molecule has 9 heteroatoms. The van der Waals surface area contributed by atoms with Crippen molar-refractivity contribution in [2.24, 2.45) is 5.41 Å². The SMILES string of the molecule is CC(C)(CC(=O)O)CC(=O)Nc1cc(C(F)(F)F)ccc1SCCC#N. The number of aliphatic carboxylic acids is 1. The first-order valence-corrected chi connectivity index (χ1v) is 8.66. The topological polar surface area (TPSA) is 90.2 Å². The highest BCUT2D eigenvalue weighted by molar-refractivity contribution is 7.99. The molecule has 0 bridgehead atoms. The van der Waals surface area contributed by atoms with E-state index < -0.39 is 29.0 Å². The van der Waals surface area contributed by atoms with Crippen LogP contribution in [0.4, 0.5) is 18.9 Å². The molecule has 0 saturated carbocycles. The van der Waals surface area contributed by atoms with E-state index in [1.165, 1.54) is 6.07 Å². The van der Waals surface area contributed by atoms with E-state index in [0.717, 1.165) is 23.9 Å². The highest BCUT2D eigenvalue weighted by Gasteiger charge is 2.31. The number of carboxylic acid groups (broad SMARTS) is 1. The third kappa shape index (κ3) is 7.35. The Bertz CT molecular complexity index is 712. The van der Waals surface area contributed by atoms with Crippen molar-refractivity contribution in [3.05, 3.63) is 23.8 Å². The number of alkyl halides is 3. The van der Waals surface area contributed by atoms with Gasteiger partial charge in [0, 0.05) is 23.5 Å². The molecule has 0 fully saturated rings. The first-order chi connectivity index (χ1) is 11.9. The molecular formula is C17H19F3N2O3S. The van der Waals surface area contributed by atoms with Crippen molar-refractivity contribution in [2.45, 2.75) is 44.2 Å². The summed E-state index contributed by atoms with van der Waals surface area (Å²) in [6.45, 7) is 3.19. The van der Waals surface area contributed by atoms with Crippen molar-refractivity contribution in [3.63, 3.8) is 0 Å². The van der Waals surface area contributed by atoms with E-state index in [9.17, 15) is 22.8 Å². The van der Waals surface area contributed by atoms with Crippen LogP contribution in [-0.4, -0.2) is 22.7 Å². The zero-order valence-electron chi connectivity index (χ0n) is 14.3. The Morgan fingerprint density at radius 2 is 1.92 bits per heavy atom. The van der Waals surface area contributed by atoms with Crippen LogP contribution in [0.15, 0.2) is 23.1 Å². The maximum Gasteiger partial charge on any atom is 0.416 e. The third-order valence-electron chi connectivity index (χ3n) is 3.32. The molecule has 0 unspecified atom stereocenters. The maximum absolute atomic E-state index is 12.9. The number of carbonyl (C=O) groups is 2. The van der Waals surface area contributed by atoms with Gasteiger partial charge >= 0.3 is 12.1 Å². The van der Waals surface area contributed by atoms with Crippen molar-refractivity contribution < 1.29 is 27.9 Å². The fraction of sp³-hybridized carbons (Fsp3) is 0.471. The minimum absolute atomic E-state index is 0.00103. The number of nitrogens with one attached hydrogen (secondary N) is 1. The number of hydrogen-bond donors (Lipinski definition) is 2. The van der Waals surface area contributed by atoms with Crippen LogP contribution in [0, 0.1) is 16.7 Å². The van der Waals surface area contributed by atoms with Crippen LogP contribution in [0.2, 0.25) is 0 Å². The van der Waals surface area contributed by atoms with Gasteiger partial charge in [0.25, 0.3) is 0 Å². The van der Waals surface area contributed by atoms with Crippen molar-refractivity contribution in [1.82, 2.24) is 0 Å². The number of carboxylic acids is 1. The Balaban J connectivity index is 3.01. The number of carbonyl (C=O) groups excluding carboxylic acids is 1. The van der Waals surface area contributed by atoms with E-state index in [0.29, 0.717) is 10.6 Å². The van der Waals surface area contributed by atoms with E-state index in [4.69, 9.17) is 10.4 Å². The third-order valence-corrected chi connectivity index (χ3v) is 4.40. The number of anilines is 1. The standard InChI is InChI=1S/C17H19F3N2O3S/c1-16(2,10-15(24)25)9-14(23)22-12-8-11(17(18,19)20)4-5-13(12)26-7-3-6-21/h4-5,8H,3,7,9-10H2,1-2H3,(H,22,23)(H,24,25). The van der Waals surface area contributed by atoms with Gasteiger partial charge < -0.3 is 10.4 Å². The number of halogens is 3. The van der Waals surface area contributed by atoms with Gasteiger partial charge in [0.15, 0.2) is 0 Å². The van der Waals surface area contributed by atoms with E-state index in [2.05, 4.69) is 5.32 Å². The molecule has 0 saturated heterocycles. The van der Waals surface area contributed by atoms with Gasteiger partial charge in [-0.2, -0.15) is 18.4 Å². The van der Waals surface area contributed by atoms with Gasteiger partial charge in [0.1, 0.15) is 0 Å². The van der Waals surface area contributed by atoms with Gasteiger partial charge in [0.2, 0.25) is 5.91 Å². The van der Waals surface area contributed by atoms with Crippen molar-refractivity contribution >= 4 is 29.3 Å². The smallest absolute Gasteiger partial charge is 0.416 e. The molecule has 1 aromatic carbocycles. The minimum atomic E-state index is -4.56. The Morgan fingerprint density at radius 3 is 2.46 bits per heavy atom. The maximum atomic E-state index is 12.9. The zero-order valence-corrected chi connectivity index (χ0v) is 15.1. The van der Waals surface area contributed by atoms with Crippen LogP contribution in [0.3, 0.4) is 0 Å². The number of amides is 1. The number of nitriles is 1. The summed E-state index contributed by atoms with van der Waals surface area (Å²) in [5.41, 5.74) is -1.74. The van der Waals surface area contributed by atoms with Gasteiger partial charge in [-0.05, 0) is 23.6 Å². The monoisotopic (exact) mass is 388 g/mol. The molecule has 0 aromatic heterocycles. The lowest BCUT2D eigenvalue weighted by atomic mass is 9.85. The van der Waals surface area contributed by atoms with E-state index in [1.807, 2.05) is 6.07 Å². The molecule has 0 radical (unpaired) electrons. The molecule has 0 aliphatic heterocycles. The van der Waals surface area contributed by atoms with E-state index in [-0.39, 0.29) is 24.9 Å². The highest BCUT2D eigenvalue weighted by atomic mass is 32.2. The molecular weight excluding hydrogens is 369 g/mol. The Hall–Kier alpha value is -2.21. The lowest BCUT2D eigenvalue weighted by molar-refractivity contribution is -0.140. The Labute approximate surface area is 153 Å². The average molecular weight is 388 g/mol.